The van der Waals surface area contributed by atoms with E-state index in [9.17, 15) is 19.2 Å². The quantitative estimate of drug-likeness (QED) is 0.0968. The molecule has 1 aliphatic heterocycles. The van der Waals surface area contributed by atoms with Crippen molar-refractivity contribution in [2.24, 2.45) is 0 Å². The number of epoxide rings is 1. The third-order valence-corrected chi connectivity index (χ3v) is 3.11. The van der Waals surface area contributed by atoms with Gasteiger partial charge in [-0.1, -0.05) is 46.2 Å². The van der Waals surface area contributed by atoms with Crippen molar-refractivity contribution in [1.82, 2.24) is 0 Å². The van der Waals surface area contributed by atoms with Crippen LogP contribution in [0.4, 0.5) is 0 Å². The lowest BCUT2D eigenvalue weighted by Gasteiger charge is -1.99. The first-order valence-electron chi connectivity index (χ1n) is 11.5. The van der Waals surface area contributed by atoms with Gasteiger partial charge in [0.05, 0.1) is 32.5 Å². The summed E-state index contributed by atoms with van der Waals surface area (Å²) in [5.41, 5.74) is 0.431. The van der Waals surface area contributed by atoms with Gasteiger partial charge in [0, 0.05) is 29.9 Å². The molecule has 1 N–H and O–H groups in total. The fourth-order valence-corrected chi connectivity index (χ4v) is 1.24. The first kappa shape index (κ1) is 41.1. The fraction of sp³-hybridized carbons (Fsp3) is 0.444. The van der Waals surface area contributed by atoms with E-state index in [0.29, 0.717) is 32.0 Å². The van der Waals surface area contributed by atoms with Crippen LogP contribution >= 0.6 is 0 Å². The predicted molar refractivity (Wildman–Crippen MR) is 142 cm³/mol. The molecule has 11 heteroatoms. The maximum absolute atomic E-state index is 10.7. The maximum atomic E-state index is 10.7. The summed E-state index contributed by atoms with van der Waals surface area (Å²) in [5, 5.41) is 15.6. The molecular formula is C27H41NO10. The van der Waals surface area contributed by atoms with Gasteiger partial charge in [-0.25, -0.2) is 19.2 Å². The van der Waals surface area contributed by atoms with Crippen LogP contribution in [0, 0.1) is 11.3 Å². The summed E-state index contributed by atoms with van der Waals surface area (Å²) in [7, 11) is 0. The molecule has 1 rings (SSSR count). The number of hydrogen-bond donors (Lipinski definition) is 1. The third kappa shape index (κ3) is 42.2. The molecule has 0 radical (unpaired) electrons. The highest BCUT2D eigenvalue weighted by molar-refractivity contribution is 5.87. The van der Waals surface area contributed by atoms with Crippen LogP contribution in [0.25, 0.3) is 0 Å². The molecule has 1 aliphatic rings. The van der Waals surface area contributed by atoms with Crippen LogP contribution in [0.15, 0.2) is 62.8 Å². The maximum Gasteiger partial charge on any atom is 0.333 e. The third-order valence-electron chi connectivity index (χ3n) is 3.11. The van der Waals surface area contributed by atoms with E-state index in [2.05, 4.69) is 47.1 Å². The molecule has 0 saturated carbocycles. The molecule has 1 unspecified atom stereocenters. The van der Waals surface area contributed by atoms with Crippen molar-refractivity contribution in [3.05, 3.63) is 62.8 Å². The molecule has 0 aromatic carbocycles. The van der Waals surface area contributed by atoms with E-state index in [1.165, 1.54) is 12.2 Å². The molecule has 1 atom stereocenters. The zero-order chi connectivity index (χ0) is 30.2. The first-order valence-corrected chi connectivity index (χ1v) is 11.5. The van der Waals surface area contributed by atoms with Gasteiger partial charge in [0.15, 0.2) is 0 Å². The molecule has 11 nitrogen and oxygen atoms in total. The lowest BCUT2D eigenvalue weighted by molar-refractivity contribution is -0.140. The Morgan fingerprint density at radius 1 is 0.947 bits per heavy atom. The molecule has 1 fully saturated rings. The van der Waals surface area contributed by atoms with E-state index in [1.54, 1.807) is 19.9 Å². The second kappa shape index (κ2) is 33.0. The number of esters is 4. The minimum absolute atomic E-state index is 0.0465. The summed E-state index contributed by atoms with van der Waals surface area (Å²) in [6.07, 6.45) is 6.67. The second-order valence-corrected chi connectivity index (χ2v) is 6.44. The highest BCUT2D eigenvalue weighted by Crippen LogP contribution is 2.09. The van der Waals surface area contributed by atoms with E-state index < -0.39 is 5.97 Å². The molecular weight excluding hydrogens is 498 g/mol. The van der Waals surface area contributed by atoms with Gasteiger partial charge in [-0.2, -0.15) is 5.26 Å². The lowest BCUT2D eigenvalue weighted by Crippen LogP contribution is -2.09. The smallest absolute Gasteiger partial charge is 0.333 e. The minimum atomic E-state index is -0.501. The summed E-state index contributed by atoms with van der Waals surface area (Å²) in [6.45, 7) is 23.5. The van der Waals surface area contributed by atoms with Gasteiger partial charge in [-0.3, -0.25) is 0 Å². The van der Waals surface area contributed by atoms with Gasteiger partial charge in [0.1, 0.15) is 19.3 Å². The molecule has 0 aromatic heterocycles. The highest BCUT2D eigenvalue weighted by Gasteiger charge is 2.24. The molecule has 0 aliphatic carbocycles. The van der Waals surface area contributed by atoms with Crippen molar-refractivity contribution < 1.29 is 48.0 Å². The Labute approximate surface area is 225 Å². The Kier molecular flexibility index (Phi) is 35.7. The molecule has 0 bridgehead atoms. The number of nitriles is 1. The molecule has 1 saturated heterocycles. The van der Waals surface area contributed by atoms with Crippen LogP contribution in [-0.4, -0.2) is 74.7 Å². The zero-order valence-corrected chi connectivity index (χ0v) is 22.6. The van der Waals surface area contributed by atoms with Gasteiger partial charge < -0.3 is 28.8 Å². The van der Waals surface area contributed by atoms with Crippen LogP contribution in [0.5, 0.6) is 0 Å². The average molecular weight is 540 g/mol. The summed E-state index contributed by atoms with van der Waals surface area (Å²) < 4.78 is 23.0. The van der Waals surface area contributed by atoms with Gasteiger partial charge in [0.25, 0.3) is 0 Å². The lowest BCUT2D eigenvalue weighted by atomic mass is 10.4. The number of carbonyl (C=O) groups is 4. The van der Waals surface area contributed by atoms with Gasteiger partial charge in [0.2, 0.25) is 0 Å². The minimum Gasteiger partial charge on any atom is -0.463 e. The van der Waals surface area contributed by atoms with Crippen LogP contribution in [0.2, 0.25) is 0 Å². The van der Waals surface area contributed by atoms with Crippen LogP contribution in [0.1, 0.15) is 33.6 Å². The molecule has 0 spiro atoms. The van der Waals surface area contributed by atoms with Crippen LogP contribution in [0.3, 0.4) is 0 Å². The molecule has 0 aromatic rings. The molecule has 38 heavy (non-hydrogen) atoms. The van der Waals surface area contributed by atoms with E-state index in [4.69, 9.17) is 19.8 Å². The molecule has 1 heterocycles. The van der Waals surface area contributed by atoms with Crippen molar-refractivity contribution in [3.8, 4) is 6.07 Å². The monoisotopic (exact) mass is 539 g/mol. The first-order chi connectivity index (χ1) is 18.0. The number of unbranched alkanes of at least 4 members (excludes halogenated alkanes) is 1. The van der Waals surface area contributed by atoms with Crippen molar-refractivity contribution in [2.45, 2.75) is 39.7 Å². The van der Waals surface area contributed by atoms with E-state index in [1.807, 2.05) is 6.92 Å². The second-order valence-electron chi connectivity index (χ2n) is 6.44. The van der Waals surface area contributed by atoms with Crippen molar-refractivity contribution in [1.29, 1.82) is 5.26 Å². The Balaban J connectivity index is -0.000000195. The van der Waals surface area contributed by atoms with E-state index in [0.717, 1.165) is 25.0 Å². The highest BCUT2D eigenvalue weighted by atomic mass is 16.6. The number of aliphatic hydroxyl groups excluding tert-OH is 1. The van der Waals surface area contributed by atoms with Crippen molar-refractivity contribution in [2.75, 3.05) is 39.6 Å². The summed E-state index contributed by atoms with van der Waals surface area (Å²) in [4.78, 5) is 41.2. The number of rotatable bonds is 12. The fourth-order valence-electron chi connectivity index (χ4n) is 1.24. The molecule has 214 valence electrons. The summed E-state index contributed by atoms with van der Waals surface area (Å²) >= 11 is 0. The topological polar surface area (TPSA) is 162 Å². The normalized spacial score (nSPS) is 11.3. The number of allylic oxidation sites excluding steroid dienone is 1. The number of carbonyl (C=O) groups excluding carboxylic acids is 4. The van der Waals surface area contributed by atoms with Crippen molar-refractivity contribution >= 4 is 23.9 Å². The number of aliphatic hydroxyl groups is 1. The SMILES string of the molecule is C=C(C)C(=O)OCC1CO1.C=CC#N.C=CC(=O)OCC.C=CC(=O)OCCCC.C=CC(=O)OCCO. The van der Waals surface area contributed by atoms with Crippen molar-refractivity contribution in [3.63, 3.8) is 0 Å². The Morgan fingerprint density at radius 3 is 1.68 bits per heavy atom. The largest absolute Gasteiger partial charge is 0.463 e. The average Bonchev–Trinajstić information content (AvgIpc) is 3.76. The van der Waals surface area contributed by atoms with Crippen LogP contribution < -0.4 is 0 Å². The van der Waals surface area contributed by atoms with Gasteiger partial charge in [-0.05, 0) is 20.3 Å². The number of nitrogens with zero attached hydrogens (tertiary/aromatic N) is 1. The Morgan fingerprint density at radius 2 is 1.39 bits per heavy atom. The standard InChI is InChI=1S/C7H10O3.C7H12O2.C5H8O3.C5H8O2.C3H3N/c1-5(2)7(8)10-4-6-3-9-6;1-3-5-6-9-7(8)4-2;1-2-5(7)8-4-3-6;1-3-5(6)7-4-2;1-2-3-4/h6H,1,3-4H2,2H3;4H,2-3,5-6H2,1H3;2,6H,1,3-4H2;3H,1,4H2,2H3;2H,1H2. The van der Waals surface area contributed by atoms with Crippen LogP contribution in [-0.2, 0) is 42.9 Å². The zero-order valence-electron chi connectivity index (χ0n) is 22.6. The Bertz CT molecular complexity index is 764. The Hall–Kier alpha value is -4.01. The van der Waals surface area contributed by atoms with Gasteiger partial charge >= 0.3 is 23.9 Å². The number of ether oxygens (including phenoxy) is 5. The van der Waals surface area contributed by atoms with E-state index >= 15 is 0 Å². The van der Waals surface area contributed by atoms with E-state index in [-0.39, 0.29) is 37.2 Å². The molecule has 0 amide bonds. The summed E-state index contributed by atoms with van der Waals surface area (Å²) in [5.74, 6) is -1.53. The number of hydrogen-bond acceptors (Lipinski definition) is 11. The summed E-state index contributed by atoms with van der Waals surface area (Å²) in [6, 6.07) is 1.69. The van der Waals surface area contributed by atoms with Gasteiger partial charge in [-0.15, -0.1) is 0 Å². The predicted octanol–water partition coefficient (Wildman–Crippen LogP) is 3.16.